The maximum absolute atomic E-state index is 11.5. The molecule has 0 atom stereocenters. The van der Waals surface area contributed by atoms with Crippen LogP contribution in [0.3, 0.4) is 0 Å². The smallest absolute Gasteiger partial charge is 0.428 e. The average Bonchev–Trinajstić information content (AvgIpc) is 2.14. The lowest BCUT2D eigenvalue weighted by molar-refractivity contribution is 0.0206. The number of carbonyl (C=O) groups is 1. The molecule has 3 nitrogen and oxygen atoms in total. The zero-order chi connectivity index (χ0) is 13.1. The van der Waals surface area contributed by atoms with Crippen molar-refractivity contribution in [3.8, 4) is 5.75 Å². The lowest BCUT2D eigenvalue weighted by atomic mass is 10.0. The van der Waals surface area contributed by atoms with Gasteiger partial charge in [-0.2, -0.15) is 0 Å². The van der Waals surface area contributed by atoms with Gasteiger partial charge in [-0.15, -0.1) is 0 Å². The number of rotatable bonds is 2. The molecule has 0 aliphatic carbocycles. The predicted molar refractivity (Wildman–Crippen MR) is 67.4 cm³/mol. The summed E-state index contributed by atoms with van der Waals surface area (Å²) in [6.07, 6.45) is -0.668. The van der Waals surface area contributed by atoms with Gasteiger partial charge >= 0.3 is 6.16 Å². The Kier molecular flexibility index (Phi) is 4.16. The summed E-state index contributed by atoms with van der Waals surface area (Å²) < 4.78 is 10.2. The molecule has 0 radical (unpaired) electrons. The highest BCUT2D eigenvalue weighted by molar-refractivity contribution is 5.64. The summed E-state index contributed by atoms with van der Waals surface area (Å²) in [6.45, 7) is 9.59. The van der Waals surface area contributed by atoms with Crippen molar-refractivity contribution in [3.63, 3.8) is 0 Å². The first-order valence-corrected chi connectivity index (χ1v) is 5.79. The fourth-order valence-electron chi connectivity index (χ4n) is 1.30. The van der Waals surface area contributed by atoms with Gasteiger partial charge in [0.1, 0.15) is 11.4 Å². The van der Waals surface area contributed by atoms with Gasteiger partial charge in [-0.25, -0.2) is 4.79 Å². The van der Waals surface area contributed by atoms with Crippen LogP contribution >= 0.6 is 0 Å². The number of ether oxygens (including phenoxy) is 2. The Morgan fingerprint density at radius 3 is 2.41 bits per heavy atom. The van der Waals surface area contributed by atoms with Gasteiger partial charge < -0.3 is 9.47 Å². The van der Waals surface area contributed by atoms with Gasteiger partial charge in [-0.05, 0) is 44.4 Å². The third-order valence-corrected chi connectivity index (χ3v) is 2.12. The molecule has 0 fully saturated rings. The van der Waals surface area contributed by atoms with Crippen LogP contribution in [0.15, 0.2) is 24.3 Å². The van der Waals surface area contributed by atoms with Crippen molar-refractivity contribution in [2.75, 3.05) is 0 Å². The highest BCUT2D eigenvalue weighted by atomic mass is 16.7. The van der Waals surface area contributed by atoms with Gasteiger partial charge in [0, 0.05) is 0 Å². The van der Waals surface area contributed by atoms with Gasteiger partial charge in [0.25, 0.3) is 0 Å². The molecule has 0 amide bonds. The molecular formula is C14H20O3. The number of hydrogen-bond donors (Lipinski definition) is 0. The van der Waals surface area contributed by atoms with Crippen molar-refractivity contribution in [2.45, 2.75) is 46.1 Å². The van der Waals surface area contributed by atoms with E-state index in [1.54, 1.807) is 26.8 Å². The third-order valence-electron chi connectivity index (χ3n) is 2.12. The van der Waals surface area contributed by atoms with Crippen LogP contribution in [0.1, 0.15) is 46.1 Å². The fourth-order valence-corrected chi connectivity index (χ4v) is 1.30. The topological polar surface area (TPSA) is 35.5 Å². The van der Waals surface area contributed by atoms with Gasteiger partial charge in [-0.1, -0.05) is 26.0 Å². The molecule has 1 aromatic rings. The lowest BCUT2D eigenvalue weighted by Crippen LogP contribution is -2.26. The van der Waals surface area contributed by atoms with E-state index in [4.69, 9.17) is 9.47 Å². The largest absolute Gasteiger partial charge is 0.514 e. The quantitative estimate of drug-likeness (QED) is 0.572. The first-order valence-electron chi connectivity index (χ1n) is 5.79. The van der Waals surface area contributed by atoms with E-state index in [1.807, 2.05) is 18.2 Å². The SMILES string of the molecule is CC(C)c1cccc(OC(=O)OC(C)(C)C)c1. The Balaban J connectivity index is 2.69. The second-order valence-corrected chi connectivity index (χ2v) is 5.29. The van der Waals surface area contributed by atoms with Crippen LogP contribution in [0.4, 0.5) is 4.79 Å². The van der Waals surface area contributed by atoms with E-state index in [0.29, 0.717) is 11.7 Å². The van der Waals surface area contributed by atoms with E-state index in [-0.39, 0.29) is 0 Å². The first-order chi connectivity index (χ1) is 7.78. The van der Waals surface area contributed by atoms with Crippen LogP contribution in [0, 0.1) is 0 Å². The molecule has 0 N–H and O–H groups in total. The molecule has 0 aliphatic heterocycles. The summed E-state index contributed by atoms with van der Waals surface area (Å²) in [6, 6.07) is 7.48. The molecule has 0 heterocycles. The highest BCUT2D eigenvalue weighted by Crippen LogP contribution is 2.21. The fraction of sp³-hybridized carbons (Fsp3) is 0.500. The zero-order valence-corrected chi connectivity index (χ0v) is 11.1. The van der Waals surface area contributed by atoms with Crippen LogP contribution in [0.5, 0.6) is 5.75 Å². The normalized spacial score (nSPS) is 11.4. The van der Waals surface area contributed by atoms with Gasteiger partial charge in [0.2, 0.25) is 0 Å². The molecule has 0 bridgehead atoms. The Labute approximate surface area is 103 Å². The lowest BCUT2D eigenvalue weighted by Gasteiger charge is -2.18. The molecule has 0 aromatic heterocycles. The van der Waals surface area contributed by atoms with Crippen LogP contribution < -0.4 is 4.74 Å². The minimum absolute atomic E-state index is 0.400. The van der Waals surface area contributed by atoms with Crippen molar-refractivity contribution in [2.24, 2.45) is 0 Å². The van der Waals surface area contributed by atoms with Crippen LogP contribution in [0.2, 0.25) is 0 Å². The van der Waals surface area contributed by atoms with Crippen molar-refractivity contribution in [1.29, 1.82) is 0 Å². The predicted octanol–water partition coefficient (Wildman–Crippen LogP) is 4.12. The van der Waals surface area contributed by atoms with E-state index in [1.165, 1.54) is 0 Å². The minimum atomic E-state index is -0.668. The van der Waals surface area contributed by atoms with Gasteiger partial charge in [-0.3, -0.25) is 0 Å². The van der Waals surface area contributed by atoms with Crippen molar-refractivity contribution in [3.05, 3.63) is 29.8 Å². The molecule has 0 spiro atoms. The van der Waals surface area contributed by atoms with E-state index in [0.717, 1.165) is 5.56 Å². The van der Waals surface area contributed by atoms with Gasteiger partial charge in [0.15, 0.2) is 0 Å². The molecule has 0 saturated heterocycles. The average molecular weight is 236 g/mol. The second-order valence-electron chi connectivity index (χ2n) is 5.29. The van der Waals surface area contributed by atoms with Crippen molar-refractivity contribution >= 4 is 6.16 Å². The van der Waals surface area contributed by atoms with Crippen LogP contribution in [-0.4, -0.2) is 11.8 Å². The highest BCUT2D eigenvalue weighted by Gasteiger charge is 2.18. The van der Waals surface area contributed by atoms with E-state index < -0.39 is 11.8 Å². The Hall–Kier alpha value is -1.51. The molecule has 94 valence electrons. The number of benzene rings is 1. The van der Waals surface area contributed by atoms with Crippen molar-refractivity contribution < 1.29 is 14.3 Å². The minimum Gasteiger partial charge on any atom is -0.428 e. The standard InChI is InChI=1S/C14H20O3/c1-10(2)11-7-6-8-12(9-11)16-13(15)17-14(3,4)5/h6-10H,1-5H3. The van der Waals surface area contributed by atoms with Crippen LogP contribution in [0.25, 0.3) is 0 Å². The molecule has 1 rings (SSSR count). The van der Waals surface area contributed by atoms with Gasteiger partial charge in [0.05, 0.1) is 0 Å². The molecule has 0 unspecified atom stereocenters. The molecule has 3 heteroatoms. The summed E-state index contributed by atoms with van der Waals surface area (Å²) in [7, 11) is 0. The second kappa shape index (κ2) is 5.21. The van der Waals surface area contributed by atoms with E-state index in [2.05, 4.69) is 13.8 Å². The first kappa shape index (κ1) is 13.6. The summed E-state index contributed by atoms with van der Waals surface area (Å²) in [5, 5.41) is 0. The van der Waals surface area contributed by atoms with E-state index >= 15 is 0 Å². The molecule has 0 saturated carbocycles. The zero-order valence-electron chi connectivity index (χ0n) is 11.1. The van der Waals surface area contributed by atoms with Crippen molar-refractivity contribution in [1.82, 2.24) is 0 Å². The molecule has 17 heavy (non-hydrogen) atoms. The number of hydrogen-bond acceptors (Lipinski definition) is 3. The maximum atomic E-state index is 11.5. The summed E-state index contributed by atoms with van der Waals surface area (Å²) in [5.41, 5.74) is 0.596. The van der Waals surface area contributed by atoms with E-state index in [9.17, 15) is 4.79 Å². The molecular weight excluding hydrogens is 216 g/mol. The third kappa shape index (κ3) is 4.89. The summed E-state index contributed by atoms with van der Waals surface area (Å²) >= 11 is 0. The summed E-state index contributed by atoms with van der Waals surface area (Å²) in [4.78, 5) is 11.5. The summed E-state index contributed by atoms with van der Waals surface area (Å²) in [5.74, 6) is 0.919. The Morgan fingerprint density at radius 2 is 1.88 bits per heavy atom. The Morgan fingerprint density at radius 1 is 1.24 bits per heavy atom. The number of carbonyl (C=O) groups excluding carboxylic acids is 1. The van der Waals surface area contributed by atoms with Crippen LogP contribution in [-0.2, 0) is 4.74 Å². The monoisotopic (exact) mass is 236 g/mol. The Bertz CT molecular complexity index is 389. The molecule has 0 aliphatic rings. The molecule has 1 aromatic carbocycles. The maximum Gasteiger partial charge on any atom is 0.514 e.